The molecule has 0 bridgehead atoms. The normalized spacial score (nSPS) is 24.4. The third-order valence-electron chi connectivity index (χ3n) is 6.69. The van der Waals surface area contributed by atoms with Crippen molar-refractivity contribution in [1.82, 2.24) is 14.7 Å². The summed E-state index contributed by atoms with van der Waals surface area (Å²) in [6.45, 7) is 1.20. The van der Waals surface area contributed by atoms with Crippen LogP contribution in [-0.4, -0.2) is 73.3 Å². The minimum Gasteiger partial charge on any atom is -0.489 e. The molecule has 1 aromatic carbocycles. The van der Waals surface area contributed by atoms with Crippen molar-refractivity contribution in [3.63, 3.8) is 0 Å². The van der Waals surface area contributed by atoms with Gasteiger partial charge in [-0.25, -0.2) is 0 Å². The molecule has 0 radical (unpaired) electrons. The zero-order valence-electron chi connectivity index (χ0n) is 18.0. The summed E-state index contributed by atoms with van der Waals surface area (Å²) in [5.41, 5.74) is 1.98. The second kappa shape index (κ2) is 8.09. The van der Waals surface area contributed by atoms with Gasteiger partial charge in [0.1, 0.15) is 18.4 Å². The molecular weight excluding hydrogens is 432 g/mol. The van der Waals surface area contributed by atoms with Crippen LogP contribution < -0.4 is 9.64 Å². The van der Waals surface area contributed by atoms with Crippen LogP contribution in [-0.2, 0) is 17.8 Å². The Kier molecular flexibility index (Phi) is 5.39. The van der Waals surface area contributed by atoms with Gasteiger partial charge in [-0.1, -0.05) is 12.1 Å². The van der Waals surface area contributed by atoms with Crippen molar-refractivity contribution in [3.8, 4) is 5.75 Å². The number of benzene rings is 1. The van der Waals surface area contributed by atoms with E-state index in [1.807, 2.05) is 30.5 Å². The van der Waals surface area contributed by atoms with E-state index in [4.69, 9.17) is 4.74 Å². The second-order valence-electron chi connectivity index (χ2n) is 8.82. The fourth-order valence-corrected chi connectivity index (χ4v) is 6.39. The lowest BCUT2D eigenvalue weighted by Crippen LogP contribution is -2.54. The van der Waals surface area contributed by atoms with Crippen LogP contribution in [0, 0.1) is 5.92 Å². The lowest BCUT2D eigenvalue weighted by atomic mass is 10.0. The minimum absolute atomic E-state index is 0.108. The molecule has 0 saturated carbocycles. The first-order chi connectivity index (χ1) is 15.3. The molecule has 3 aliphatic rings. The predicted octanol–water partition coefficient (Wildman–Crippen LogP) is 2.47. The molecule has 0 spiro atoms. The molecule has 3 aliphatic heterocycles. The van der Waals surface area contributed by atoms with E-state index in [0.29, 0.717) is 54.1 Å². The number of nitrogens with zero attached hydrogens (tertiary/aromatic N) is 4. The molecule has 1 fully saturated rings. The summed E-state index contributed by atoms with van der Waals surface area (Å²) in [5.74, 6) is 1.39. The van der Waals surface area contributed by atoms with Crippen molar-refractivity contribution in [3.05, 3.63) is 41.7 Å². The van der Waals surface area contributed by atoms with E-state index in [0.717, 1.165) is 18.4 Å². The standard InChI is InChI=1S/C22H28N4O5S/c1-24-17-4-2-3-5-19(17)31-14-18(21(24)27)26-9-6-16-13-25(23-20(16)22(26)28)12-15-7-10-32(29,30)11-8-15/h2-5,13,15,18,29-30H,6-12,14H2,1H3/t18-/m0/s1. The van der Waals surface area contributed by atoms with Gasteiger partial charge in [-0.05, 0) is 37.3 Å². The number of ether oxygens (including phenoxy) is 1. The SMILES string of the molecule is CN1C(=O)[C@@H](N2CCc3cn(CC4CCS(O)(O)CC4)nc3C2=O)COc2ccccc21. The Morgan fingerprint density at radius 1 is 1.19 bits per heavy atom. The number of amides is 2. The van der Waals surface area contributed by atoms with E-state index in [-0.39, 0.29) is 18.4 Å². The van der Waals surface area contributed by atoms with Gasteiger partial charge < -0.3 is 14.5 Å². The van der Waals surface area contributed by atoms with Crippen molar-refractivity contribution in [2.75, 3.05) is 36.6 Å². The summed E-state index contributed by atoms with van der Waals surface area (Å²) in [5, 5.41) is 4.56. The number of fused-ring (bicyclic) bond motifs is 2. The molecule has 2 aromatic rings. The molecule has 5 rings (SSSR count). The lowest BCUT2D eigenvalue weighted by Gasteiger charge is -2.39. The largest absolute Gasteiger partial charge is 0.489 e. The monoisotopic (exact) mass is 460 g/mol. The van der Waals surface area contributed by atoms with Gasteiger partial charge in [-0.15, -0.1) is 0 Å². The Morgan fingerprint density at radius 2 is 1.94 bits per heavy atom. The first kappa shape index (κ1) is 21.3. The molecular formula is C22H28N4O5S. The van der Waals surface area contributed by atoms with Crippen LogP contribution in [0.1, 0.15) is 28.9 Å². The van der Waals surface area contributed by atoms with E-state index < -0.39 is 16.6 Å². The van der Waals surface area contributed by atoms with Gasteiger partial charge in [0.05, 0.1) is 5.69 Å². The van der Waals surface area contributed by atoms with Crippen molar-refractivity contribution in [2.45, 2.75) is 31.8 Å². The molecule has 0 unspecified atom stereocenters. The summed E-state index contributed by atoms with van der Waals surface area (Å²) in [4.78, 5) is 29.6. The van der Waals surface area contributed by atoms with Crippen molar-refractivity contribution in [1.29, 1.82) is 0 Å². The van der Waals surface area contributed by atoms with Crippen LogP contribution in [0.25, 0.3) is 0 Å². The maximum absolute atomic E-state index is 13.3. The van der Waals surface area contributed by atoms with Crippen LogP contribution in [0.2, 0.25) is 0 Å². The Bertz CT molecular complexity index is 1040. The Hall–Kier alpha value is -2.56. The molecule has 1 atom stereocenters. The maximum Gasteiger partial charge on any atom is 0.275 e. The summed E-state index contributed by atoms with van der Waals surface area (Å²) in [6.07, 6.45) is 4.04. The molecule has 0 aliphatic carbocycles. The van der Waals surface area contributed by atoms with E-state index in [1.54, 1.807) is 21.5 Å². The highest BCUT2D eigenvalue weighted by molar-refractivity contribution is 8.24. The van der Waals surface area contributed by atoms with Gasteiger partial charge in [-0.3, -0.25) is 23.4 Å². The van der Waals surface area contributed by atoms with Crippen LogP contribution in [0.4, 0.5) is 5.69 Å². The van der Waals surface area contributed by atoms with E-state index in [1.165, 1.54) is 0 Å². The summed E-state index contributed by atoms with van der Waals surface area (Å²) < 4.78 is 27.3. The lowest BCUT2D eigenvalue weighted by molar-refractivity contribution is -0.123. The first-order valence-corrected chi connectivity index (χ1v) is 12.8. The van der Waals surface area contributed by atoms with Gasteiger partial charge in [0, 0.05) is 43.4 Å². The number of hydrogen-bond donors (Lipinski definition) is 2. The Morgan fingerprint density at radius 3 is 2.72 bits per heavy atom. The van der Waals surface area contributed by atoms with Crippen LogP contribution in [0.15, 0.2) is 30.5 Å². The van der Waals surface area contributed by atoms with E-state index >= 15 is 0 Å². The second-order valence-corrected chi connectivity index (χ2v) is 11.2. The molecule has 4 heterocycles. The smallest absolute Gasteiger partial charge is 0.275 e. The molecule has 1 aromatic heterocycles. The third-order valence-corrected chi connectivity index (χ3v) is 8.47. The summed E-state index contributed by atoms with van der Waals surface area (Å²) in [6, 6.07) is 6.66. The topological polar surface area (TPSA) is 108 Å². The van der Waals surface area contributed by atoms with Gasteiger partial charge in [0.15, 0.2) is 5.69 Å². The van der Waals surface area contributed by atoms with E-state index in [2.05, 4.69) is 5.10 Å². The Balaban J connectivity index is 1.31. The average molecular weight is 461 g/mol. The molecule has 2 amide bonds. The van der Waals surface area contributed by atoms with Crippen molar-refractivity contribution < 1.29 is 23.4 Å². The zero-order chi connectivity index (χ0) is 22.5. The Labute approximate surface area is 188 Å². The highest BCUT2D eigenvalue weighted by atomic mass is 32.3. The van der Waals surface area contributed by atoms with Gasteiger partial charge >= 0.3 is 0 Å². The maximum atomic E-state index is 13.3. The fraction of sp³-hybridized carbons (Fsp3) is 0.500. The predicted molar refractivity (Wildman–Crippen MR) is 121 cm³/mol. The number of rotatable bonds is 3. The number of para-hydroxylation sites is 2. The molecule has 1 saturated heterocycles. The summed E-state index contributed by atoms with van der Waals surface area (Å²) in [7, 11) is -0.704. The quantitative estimate of drug-likeness (QED) is 0.729. The number of hydrogen-bond acceptors (Lipinski definition) is 6. The number of carbonyl (C=O) groups excluding carboxylic acids is 2. The molecule has 10 heteroatoms. The summed E-state index contributed by atoms with van der Waals surface area (Å²) >= 11 is 0. The number of likely N-dealkylation sites (N-methyl/N-ethyl adjacent to an activating group) is 1. The van der Waals surface area contributed by atoms with Crippen LogP contribution >= 0.6 is 10.6 Å². The highest BCUT2D eigenvalue weighted by Gasteiger charge is 2.40. The number of anilines is 1. The van der Waals surface area contributed by atoms with Crippen LogP contribution in [0.3, 0.4) is 0 Å². The number of aromatic nitrogens is 2. The van der Waals surface area contributed by atoms with Gasteiger partial charge in [0.2, 0.25) is 0 Å². The number of carbonyl (C=O) groups is 2. The van der Waals surface area contributed by atoms with Crippen molar-refractivity contribution in [2.24, 2.45) is 5.92 Å². The first-order valence-electron chi connectivity index (χ1n) is 10.9. The zero-order valence-corrected chi connectivity index (χ0v) is 18.8. The minimum atomic E-state index is -2.41. The molecule has 2 N–H and O–H groups in total. The van der Waals surface area contributed by atoms with Gasteiger partial charge in [-0.2, -0.15) is 15.7 Å². The van der Waals surface area contributed by atoms with Crippen LogP contribution in [0.5, 0.6) is 5.75 Å². The third kappa shape index (κ3) is 3.87. The molecule has 172 valence electrons. The highest BCUT2D eigenvalue weighted by Crippen LogP contribution is 2.46. The average Bonchev–Trinajstić information content (AvgIpc) is 3.14. The molecule has 9 nitrogen and oxygen atoms in total. The fourth-order valence-electron chi connectivity index (χ4n) is 4.76. The van der Waals surface area contributed by atoms with Gasteiger partial charge in [0.25, 0.3) is 11.8 Å². The van der Waals surface area contributed by atoms with E-state index in [9.17, 15) is 18.7 Å². The molecule has 32 heavy (non-hydrogen) atoms. The van der Waals surface area contributed by atoms with Crippen molar-refractivity contribution >= 4 is 28.1 Å².